The third-order valence-electron chi connectivity index (χ3n) is 2.62. The van der Waals surface area contributed by atoms with Crippen molar-refractivity contribution in [2.24, 2.45) is 15.7 Å². The van der Waals surface area contributed by atoms with Gasteiger partial charge in [0.25, 0.3) is 0 Å². The van der Waals surface area contributed by atoms with Gasteiger partial charge in [-0.25, -0.2) is 4.99 Å². The summed E-state index contributed by atoms with van der Waals surface area (Å²) in [5, 5.41) is 3.05. The SMILES string of the molecule is C=CC/N=C(\NC(=C)/N=C\C=C/N)C(C)N(C)CC(C)=O. The number of nitrogens with one attached hydrogen (secondary N) is 1. The van der Waals surface area contributed by atoms with Crippen LogP contribution in [0.3, 0.4) is 0 Å². The van der Waals surface area contributed by atoms with Crippen LogP contribution in [0.25, 0.3) is 0 Å². The van der Waals surface area contributed by atoms with E-state index in [0.717, 1.165) is 0 Å². The molecule has 0 aromatic carbocycles. The summed E-state index contributed by atoms with van der Waals surface area (Å²) in [4.78, 5) is 21.6. The van der Waals surface area contributed by atoms with Gasteiger partial charge in [0.05, 0.1) is 19.1 Å². The molecule has 1 unspecified atom stereocenters. The van der Waals surface area contributed by atoms with Crippen LogP contribution in [0.5, 0.6) is 0 Å². The number of aliphatic imine (C=N–C) groups is 2. The van der Waals surface area contributed by atoms with Crippen LogP contribution in [0.2, 0.25) is 0 Å². The van der Waals surface area contributed by atoms with Gasteiger partial charge in [-0.3, -0.25) is 14.7 Å². The van der Waals surface area contributed by atoms with Crippen molar-refractivity contribution in [3.8, 4) is 0 Å². The van der Waals surface area contributed by atoms with Gasteiger partial charge in [-0.05, 0) is 33.2 Å². The van der Waals surface area contributed by atoms with Crippen LogP contribution in [-0.4, -0.2) is 48.9 Å². The Morgan fingerprint density at radius 1 is 1.52 bits per heavy atom. The summed E-state index contributed by atoms with van der Waals surface area (Å²) in [5.74, 6) is 1.22. The summed E-state index contributed by atoms with van der Waals surface area (Å²) < 4.78 is 0. The summed E-state index contributed by atoms with van der Waals surface area (Å²) in [7, 11) is 1.86. The Balaban J connectivity index is 4.91. The van der Waals surface area contributed by atoms with E-state index in [9.17, 15) is 4.79 Å². The van der Waals surface area contributed by atoms with Crippen LogP contribution < -0.4 is 11.1 Å². The standard InChI is InChI=1S/C15H25N5O/c1-6-9-18-15(13(3)20(5)11-12(2)21)19-14(4)17-10-7-8-16/h6-8,10,13H,1,4,9,11,16H2,2-3,5H3,(H,18,19)/b8-7-,17-10-. The number of hydrogen-bond acceptors (Lipinski definition) is 5. The molecule has 0 amide bonds. The maximum Gasteiger partial charge on any atom is 0.143 e. The highest BCUT2D eigenvalue weighted by atomic mass is 16.1. The second kappa shape index (κ2) is 10.6. The number of allylic oxidation sites excluding steroid dienone is 1. The molecule has 116 valence electrons. The first kappa shape index (κ1) is 18.8. The van der Waals surface area contributed by atoms with Crippen LogP contribution in [0, 0.1) is 0 Å². The zero-order chi connectivity index (χ0) is 16.3. The van der Waals surface area contributed by atoms with Gasteiger partial charge in [-0.2, -0.15) is 0 Å². The third kappa shape index (κ3) is 8.54. The fourth-order valence-corrected chi connectivity index (χ4v) is 1.50. The Bertz CT molecular complexity index is 451. The lowest BCUT2D eigenvalue weighted by Crippen LogP contribution is -2.44. The van der Waals surface area contributed by atoms with Crippen molar-refractivity contribution in [2.45, 2.75) is 19.9 Å². The molecule has 21 heavy (non-hydrogen) atoms. The Morgan fingerprint density at radius 3 is 2.71 bits per heavy atom. The molecule has 0 spiro atoms. The predicted molar refractivity (Wildman–Crippen MR) is 89.4 cm³/mol. The number of likely N-dealkylation sites (N-methyl/N-ethyl adjacent to an activating group) is 1. The van der Waals surface area contributed by atoms with Crippen LogP contribution in [-0.2, 0) is 4.79 Å². The summed E-state index contributed by atoms with van der Waals surface area (Å²) in [6, 6.07) is -0.0779. The minimum absolute atomic E-state index is 0.0779. The van der Waals surface area contributed by atoms with Crippen molar-refractivity contribution in [2.75, 3.05) is 20.1 Å². The van der Waals surface area contributed by atoms with E-state index < -0.39 is 0 Å². The van der Waals surface area contributed by atoms with Crippen LogP contribution in [0.15, 0.2) is 47.3 Å². The van der Waals surface area contributed by atoms with Gasteiger partial charge in [0.2, 0.25) is 0 Å². The molecule has 6 nitrogen and oxygen atoms in total. The molecule has 0 bridgehead atoms. The zero-order valence-corrected chi connectivity index (χ0v) is 13.0. The maximum atomic E-state index is 11.2. The highest BCUT2D eigenvalue weighted by Crippen LogP contribution is 2.00. The van der Waals surface area contributed by atoms with Crippen molar-refractivity contribution >= 4 is 17.8 Å². The summed E-state index contributed by atoms with van der Waals surface area (Å²) in [6.45, 7) is 11.8. The number of rotatable bonds is 9. The molecule has 1 atom stereocenters. The second-order valence-electron chi connectivity index (χ2n) is 4.54. The average Bonchev–Trinajstić information content (AvgIpc) is 2.42. The number of carbonyl (C=O) groups excluding carboxylic acids is 1. The average molecular weight is 291 g/mol. The van der Waals surface area contributed by atoms with Crippen molar-refractivity contribution in [3.05, 3.63) is 37.3 Å². The number of ketones is 1. The van der Waals surface area contributed by atoms with Gasteiger partial charge in [-0.15, -0.1) is 6.58 Å². The molecule has 0 aliphatic heterocycles. The first-order valence-electron chi connectivity index (χ1n) is 6.64. The number of nitrogens with zero attached hydrogens (tertiary/aromatic N) is 3. The smallest absolute Gasteiger partial charge is 0.143 e. The van der Waals surface area contributed by atoms with Crippen LogP contribution >= 0.6 is 0 Å². The molecule has 3 N–H and O–H groups in total. The summed E-state index contributed by atoms with van der Waals surface area (Å²) in [6.07, 6.45) is 6.21. The molecule has 0 aromatic heterocycles. The lowest BCUT2D eigenvalue weighted by atomic mass is 10.2. The van der Waals surface area contributed by atoms with Crippen molar-refractivity contribution < 1.29 is 4.79 Å². The fourth-order valence-electron chi connectivity index (χ4n) is 1.50. The quantitative estimate of drug-likeness (QED) is 0.378. The number of Topliss-reactive ketones (excluding diaryl/α,β-unsaturated/α-hetero) is 1. The molecule has 0 aromatic rings. The molecular formula is C15H25N5O. The van der Waals surface area contributed by atoms with E-state index in [1.807, 2.05) is 18.9 Å². The first-order chi connectivity index (χ1) is 9.92. The van der Waals surface area contributed by atoms with Crippen molar-refractivity contribution in [1.82, 2.24) is 10.2 Å². The third-order valence-corrected chi connectivity index (χ3v) is 2.62. The van der Waals surface area contributed by atoms with E-state index >= 15 is 0 Å². The van der Waals surface area contributed by atoms with E-state index in [1.165, 1.54) is 12.4 Å². The highest BCUT2D eigenvalue weighted by Gasteiger charge is 2.17. The predicted octanol–water partition coefficient (Wildman–Crippen LogP) is 1.08. The first-order valence-corrected chi connectivity index (χ1v) is 6.64. The molecule has 0 saturated heterocycles. The minimum atomic E-state index is -0.0779. The van der Waals surface area contributed by atoms with Gasteiger partial charge in [0, 0.05) is 6.21 Å². The van der Waals surface area contributed by atoms with Crippen molar-refractivity contribution in [3.63, 3.8) is 0 Å². The van der Waals surface area contributed by atoms with Crippen molar-refractivity contribution in [1.29, 1.82) is 0 Å². The van der Waals surface area contributed by atoms with Crippen LogP contribution in [0.4, 0.5) is 0 Å². The van der Waals surface area contributed by atoms with E-state index in [4.69, 9.17) is 5.73 Å². The molecule has 6 heteroatoms. The number of carbonyl (C=O) groups is 1. The number of hydrogen-bond donors (Lipinski definition) is 2. The van der Waals surface area contributed by atoms with E-state index in [-0.39, 0.29) is 11.8 Å². The van der Waals surface area contributed by atoms with Gasteiger partial charge < -0.3 is 11.1 Å². The van der Waals surface area contributed by atoms with Gasteiger partial charge in [0.1, 0.15) is 17.4 Å². The van der Waals surface area contributed by atoms with Crippen LogP contribution in [0.1, 0.15) is 13.8 Å². The Kier molecular flexibility index (Phi) is 9.45. The van der Waals surface area contributed by atoms with E-state index in [2.05, 4.69) is 28.5 Å². The summed E-state index contributed by atoms with van der Waals surface area (Å²) >= 11 is 0. The molecular weight excluding hydrogens is 266 g/mol. The summed E-state index contributed by atoms with van der Waals surface area (Å²) in [5.41, 5.74) is 5.22. The second-order valence-corrected chi connectivity index (χ2v) is 4.54. The number of amidine groups is 1. The van der Waals surface area contributed by atoms with Gasteiger partial charge in [0.15, 0.2) is 0 Å². The fraction of sp³-hybridized carbons (Fsp3) is 0.400. The molecule has 0 saturated carbocycles. The Labute approximate surface area is 126 Å². The maximum absolute atomic E-state index is 11.2. The lowest BCUT2D eigenvalue weighted by molar-refractivity contribution is -0.118. The Hall–Kier alpha value is -2.21. The van der Waals surface area contributed by atoms with Gasteiger partial charge >= 0.3 is 0 Å². The minimum Gasteiger partial charge on any atom is -0.405 e. The van der Waals surface area contributed by atoms with Gasteiger partial charge in [-0.1, -0.05) is 12.7 Å². The Morgan fingerprint density at radius 2 is 2.19 bits per heavy atom. The lowest BCUT2D eigenvalue weighted by Gasteiger charge is -2.25. The molecule has 0 aliphatic carbocycles. The highest BCUT2D eigenvalue weighted by molar-refractivity contribution is 5.89. The monoisotopic (exact) mass is 291 g/mol. The topological polar surface area (TPSA) is 83.1 Å². The molecule has 0 fully saturated rings. The number of nitrogens with two attached hydrogens (primary N) is 1. The zero-order valence-electron chi connectivity index (χ0n) is 13.0. The van der Waals surface area contributed by atoms with E-state index in [0.29, 0.717) is 24.7 Å². The largest absolute Gasteiger partial charge is 0.405 e. The molecule has 0 heterocycles. The molecule has 0 aliphatic rings. The normalized spacial score (nSPS) is 13.8. The molecule has 0 radical (unpaired) electrons. The van der Waals surface area contributed by atoms with E-state index in [1.54, 1.807) is 19.1 Å². The molecule has 0 rings (SSSR count).